The van der Waals surface area contributed by atoms with Gasteiger partial charge in [-0.05, 0) is 29.4 Å². The van der Waals surface area contributed by atoms with Crippen LogP contribution >= 0.6 is 0 Å². The molecular weight excluding hydrogens is 394 g/mol. The predicted molar refractivity (Wildman–Crippen MR) is 120 cm³/mol. The lowest BCUT2D eigenvalue weighted by Gasteiger charge is -2.35. The quantitative estimate of drug-likeness (QED) is 0.644. The molecule has 1 aromatic rings. The van der Waals surface area contributed by atoms with Gasteiger partial charge in [0.1, 0.15) is 12.1 Å². The van der Waals surface area contributed by atoms with E-state index in [0.29, 0.717) is 5.92 Å². The fourth-order valence-electron chi connectivity index (χ4n) is 3.89. The number of likely N-dealkylation sites (tertiary alicyclic amines) is 1. The summed E-state index contributed by atoms with van der Waals surface area (Å²) in [5.74, 6) is -0.542. The summed E-state index contributed by atoms with van der Waals surface area (Å²) in [6.45, 7) is 13.2. The number of nitrogens with zero attached hydrogens (tertiary/aromatic N) is 1. The lowest BCUT2D eigenvalue weighted by Crippen LogP contribution is -2.57. The third-order valence-electron chi connectivity index (χ3n) is 5.79. The molecule has 7 nitrogen and oxygen atoms in total. The van der Waals surface area contributed by atoms with Gasteiger partial charge in [-0.15, -0.1) is 0 Å². The first-order chi connectivity index (χ1) is 14.3. The maximum absolute atomic E-state index is 13.3. The fourth-order valence-corrected chi connectivity index (χ4v) is 3.89. The van der Waals surface area contributed by atoms with Gasteiger partial charge in [0.2, 0.25) is 17.7 Å². The zero-order valence-corrected chi connectivity index (χ0v) is 19.7. The Morgan fingerprint density at radius 2 is 1.58 bits per heavy atom. The molecule has 0 radical (unpaired) electrons. The Hall–Kier alpha value is -2.41. The van der Waals surface area contributed by atoms with Gasteiger partial charge in [0.15, 0.2) is 0 Å². The molecule has 1 aromatic carbocycles. The number of aliphatic hydroxyl groups is 1. The van der Waals surface area contributed by atoms with Crippen molar-refractivity contribution in [3.05, 3.63) is 35.4 Å². The lowest BCUT2D eigenvalue weighted by atomic mass is 9.85. The van der Waals surface area contributed by atoms with Crippen LogP contribution in [-0.4, -0.2) is 52.5 Å². The second-order valence-electron chi connectivity index (χ2n) is 9.95. The number of carbonyl (C=O) groups is 3. The van der Waals surface area contributed by atoms with Crippen LogP contribution in [0.3, 0.4) is 0 Å². The normalized spacial score (nSPS) is 21.0. The van der Waals surface area contributed by atoms with E-state index in [-0.39, 0.29) is 36.7 Å². The van der Waals surface area contributed by atoms with Gasteiger partial charge in [0.25, 0.3) is 0 Å². The largest absolute Gasteiger partial charge is 0.391 e. The van der Waals surface area contributed by atoms with Gasteiger partial charge in [-0.2, -0.15) is 0 Å². The van der Waals surface area contributed by atoms with Crippen LogP contribution in [0.5, 0.6) is 0 Å². The van der Waals surface area contributed by atoms with Crippen molar-refractivity contribution in [2.75, 3.05) is 6.54 Å². The molecule has 0 bridgehead atoms. The first kappa shape index (κ1) is 24.9. The van der Waals surface area contributed by atoms with E-state index in [1.807, 2.05) is 39.8 Å². The van der Waals surface area contributed by atoms with Crippen LogP contribution in [0.4, 0.5) is 0 Å². The SMILES string of the molecule is CC(=O)NC(C(=O)N1CC(O)CC1C(=O)N[C@@H](C)c1ccc(C(C)C)cc1)C(C)(C)C. The third-order valence-corrected chi connectivity index (χ3v) is 5.79. The van der Waals surface area contributed by atoms with E-state index in [9.17, 15) is 19.5 Å². The lowest BCUT2D eigenvalue weighted by molar-refractivity contribution is -0.144. The zero-order valence-electron chi connectivity index (χ0n) is 19.7. The standard InChI is InChI=1S/C24H37N3O4/c1-14(2)17-8-10-18(11-9-17)15(3)25-22(30)20-12-19(29)13-27(20)23(31)21(24(5,6)7)26-16(4)28/h8-11,14-15,19-21,29H,12-13H2,1-7H3,(H,25,30)(H,26,28)/t15-,19?,20?,21?/m0/s1. The van der Waals surface area contributed by atoms with Crippen molar-refractivity contribution in [1.82, 2.24) is 15.5 Å². The summed E-state index contributed by atoms with van der Waals surface area (Å²) in [7, 11) is 0. The van der Waals surface area contributed by atoms with E-state index in [0.717, 1.165) is 5.56 Å². The Labute approximate surface area is 185 Å². The van der Waals surface area contributed by atoms with E-state index < -0.39 is 23.6 Å². The monoisotopic (exact) mass is 431 g/mol. The molecule has 0 spiro atoms. The van der Waals surface area contributed by atoms with E-state index in [4.69, 9.17) is 0 Å². The molecule has 0 saturated carbocycles. The van der Waals surface area contributed by atoms with Gasteiger partial charge in [0.05, 0.1) is 12.1 Å². The highest BCUT2D eigenvalue weighted by atomic mass is 16.3. The van der Waals surface area contributed by atoms with Gasteiger partial charge in [0, 0.05) is 19.9 Å². The minimum Gasteiger partial charge on any atom is -0.391 e. The summed E-state index contributed by atoms with van der Waals surface area (Å²) in [6.07, 6.45) is -0.605. The molecule has 4 atom stereocenters. The maximum atomic E-state index is 13.3. The Balaban J connectivity index is 2.16. The Kier molecular flexibility index (Phi) is 7.87. The molecule has 1 aliphatic heterocycles. The number of amides is 3. The van der Waals surface area contributed by atoms with Gasteiger partial charge in [-0.3, -0.25) is 14.4 Å². The number of benzene rings is 1. The van der Waals surface area contributed by atoms with E-state index in [1.165, 1.54) is 17.4 Å². The van der Waals surface area contributed by atoms with Crippen molar-refractivity contribution >= 4 is 17.7 Å². The molecule has 1 saturated heterocycles. The predicted octanol–water partition coefficient (Wildman–Crippen LogP) is 2.50. The summed E-state index contributed by atoms with van der Waals surface area (Å²) in [5.41, 5.74) is 1.66. The first-order valence-electron chi connectivity index (χ1n) is 11.0. The first-order valence-corrected chi connectivity index (χ1v) is 11.0. The molecular formula is C24H37N3O4. The molecule has 0 aromatic heterocycles. The molecule has 1 heterocycles. The topological polar surface area (TPSA) is 98.7 Å². The van der Waals surface area contributed by atoms with Crippen molar-refractivity contribution in [1.29, 1.82) is 0 Å². The van der Waals surface area contributed by atoms with Crippen LogP contribution in [0.25, 0.3) is 0 Å². The summed E-state index contributed by atoms with van der Waals surface area (Å²) in [5, 5.41) is 15.9. The highest BCUT2D eigenvalue weighted by Crippen LogP contribution is 2.27. The molecule has 172 valence electrons. The van der Waals surface area contributed by atoms with Crippen molar-refractivity contribution in [3.8, 4) is 0 Å². The number of rotatable bonds is 6. The van der Waals surface area contributed by atoms with E-state index in [2.05, 4.69) is 36.6 Å². The van der Waals surface area contributed by atoms with Gasteiger partial charge in [-0.1, -0.05) is 58.9 Å². The van der Waals surface area contributed by atoms with Gasteiger partial charge >= 0.3 is 0 Å². The van der Waals surface area contributed by atoms with Crippen LogP contribution in [0.15, 0.2) is 24.3 Å². The fraction of sp³-hybridized carbons (Fsp3) is 0.625. The van der Waals surface area contributed by atoms with Crippen LogP contribution in [0, 0.1) is 5.41 Å². The second-order valence-corrected chi connectivity index (χ2v) is 9.95. The second kappa shape index (κ2) is 9.81. The Morgan fingerprint density at radius 3 is 2.06 bits per heavy atom. The number of carbonyl (C=O) groups excluding carboxylic acids is 3. The van der Waals surface area contributed by atoms with Crippen molar-refractivity contribution in [2.24, 2.45) is 5.41 Å². The van der Waals surface area contributed by atoms with Crippen molar-refractivity contribution in [2.45, 2.75) is 85.0 Å². The van der Waals surface area contributed by atoms with Crippen LogP contribution in [0.2, 0.25) is 0 Å². The summed E-state index contributed by atoms with van der Waals surface area (Å²) in [4.78, 5) is 39.4. The Bertz CT molecular complexity index is 798. The number of β-amino-alcohol motifs (C(OH)–C–C–N with tert-alkyl or cyclic N) is 1. The molecule has 1 fully saturated rings. The van der Waals surface area contributed by atoms with Gasteiger partial charge in [-0.25, -0.2) is 0 Å². The summed E-state index contributed by atoms with van der Waals surface area (Å²) < 4.78 is 0. The van der Waals surface area contributed by atoms with Crippen LogP contribution in [0.1, 0.15) is 78.0 Å². The van der Waals surface area contributed by atoms with Crippen molar-refractivity contribution < 1.29 is 19.5 Å². The zero-order chi connectivity index (χ0) is 23.5. The van der Waals surface area contributed by atoms with Crippen molar-refractivity contribution in [3.63, 3.8) is 0 Å². The maximum Gasteiger partial charge on any atom is 0.246 e. The van der Waals surface area contributed by atoms with E-state index >= 15 is 0 Å². The molecule has 3 unspecified atom stereocenters. The average Bonchev–Trinajstić information content (AvgIpc) is 3.06. The highest BCUT2D eigenvalue weighted by Gasteiger charge is 2.44. The third kappa shape index (κ3) is 6.29. The number of nitrogens with one attached hydrogen (secondary N) is 2. The van der Waals surface area contributed by atoms with E-state index in [1.54, 1.807) is 0 Å². The smallest absolute Gasteiger partial charge is 0.246 e. The molecule has 1 aliphatic rings. The summed E-state index contributed by atoms with van der Waals surface area (Å²) in [6, 6.07) is 6.30. The molecule has 3 amide bonds. The molecule has 3 N–H and O–H groups in total. The molecule has 2 rings (SSSR count). The van der Waals surface area contributed by atoms with Crippen LogP contribution < -0.4 is 10.6 Å². The number of hydrogen-bond acceptors (Lipinski definition) is 4. The van der Waals surface area contributed by atoms with Crippen LogP contribution in [-0.2, 0) is 14.4 Å². The highest BCUT2D eigenvalue weighted by molar-refractivity contribution is 5.93. The minimum atomic E-state index is -0.786. The molecule has 31 heavy (non-hydrogen) atoms. The minimum absolute atomic E-state index is 0.0700. The van der Waals surface area contributed by atoms with Gasteiger partial charge < -0.3 is 20.6 Å². The molecule has 0 aliphatic carbocycles. The number of hydrogen-bond donors (Lipinski definition) is 3. The molecule has 7 heteroatoms. The average molecular weight is 432 g/mol. The summed E-state index contributed by atoms with van der Waals surface area (Å²) >= 11 is 0. The number of aliphatic hydroxyl groups excluding tert-OH is 1. The Morgan fingerprint density at radius 1 is 1.03 bits per heavy atom.